The molecule has 106 valence electrons. The molecule has 1 amide bonds. The Hall–Kier alpha value is -0.450. The first kappa shape index (κ1) is 16.6. The van der Waals surface area contributed by atoms with Crippen molar-refractivity contribution in [1.29, 1.82) is 0 Å². The Morgan fingerprint density at radius 3 is 2.79 bits per heavy atom. The summed E-state index contributed by atoms with van der Waals surface area (Å²) >= 11 is 13.5. The van der Waals surface area contributed by atoms with Crippen LogP contribution in [0.3, 0.4) is 0 Å². The minimum Gasteiger partial charge on any atom is -0.352 e. The molecule has 0 aliphatic carbocycles. The molecule has 1 heterocycles. The van der Waals surface area contributed by atoms with Crippen molar-refractivity contribution in [3.8, 4) is 0 Å². The van der Waals surface area contributed by atoms with E-state index in [-0.39, 0.29) is 11.1 Å². The van der Waals surface area contributed by atoms with Crippen LogP contribution in [0.4, 0.5) is 0 Å². The summed E-state index contributed by atoms with van der Waals surface area (Å²) in [5.74, 6) is 1.01. The van der Waals surface area contributed by atoms with E-state index in [1.54, 1.807) is 0 Å². The maximum atomic E-state index is 11.9. The summed E-state index contributed by atoms with van der Waals surface area (Å²) in [6.45, 7) is 0.661. The number of carbonyl (C=O) groups excluding carboxylic acids is 1. The van der Waals surface area contributed by atoms with E-state index in [0.29, 0.717) is 17.1 Å². The highest BCUT2D eigenvalue weighted by molar-refractivity contribution is 7.98. The van der Waals surface area contributed by atoms with Crippen LogP contribution in [0.25, 0.3) is 0 Å². The molecule has 0 unspecified atom stereocenters. The van der Waals surface area contributed by atoms with Gasteiger partial charge in [-0.25, -0.2) is 4.98 Å². The second-order valence-corrected chi connectivity index (χ2v) is 5.93. The summed E-state index contributed by atoms with van der Waals surface area (Å²) in [6, 6.07) is 1.48. The van der Waals surface area contributed by atoms with Crippen molar-refractivity contribution in [2.24, 2.45) is 0 Å². The summed E-state index contributed by atoms with van der Waals surface area (Å²) < 4.78 is 0. The van der Waals surface area contributed by atoms with Crippen molar-refractivity contribution in [3.63, 3.8) is 0 Å². The number of nitrogens with zero attached hydrogens (tertiary/aromatic N) is 1. The molecule has 6 heteroatoms. The third-order valence-corrected chi connectivity index (χ3v) is 3.83. The lowest BCUT2D eigenvalue weighted by Crippen LogP contribution is -2.24. The molecule has 0 saturated heterocycles. The molecule has 0 aromatic carbocycles. The highest BCUT2D eigenvalue weighted by Gasteiger charge is 2.10. The van der Waals surface area contributed by atoms with Gasteiger partial charge in [0.05, 0.1) is 10.6 Å². The summed E-state index contributed by atoms with van der Waals surface area (Å²) in [5, 5.41) is 3.43. The van der Waals surface area contributed by atoms with Crippen LogP contribution in [-0.4, -0.2) is 29.4 Å². The molecule has 3 nitrogen and oxygen atoms in total. The predicted octanol–water partition coefficient (Wildman–Crippen LogP) is 4.04. The molecule has 0 aliphatic rings. The van der Waals surface area contributed by atoms with Gasteiger partial charge in [-0.3, -0.25) is 4.79 Å². The largest absolute Gasteiger partial charge is 0.352 e. The van der Waals surface area contributed by atoms with Crippen LogP contribution in [0, 0.1) is 0 Å². The zero-order valence-corrected chi connectivity index (χ0v) is 13.2. The fourth-order valence-electron chi connectivity index (χ4n) is 1.61. The Bertz CT molecular complexity index is 416. The second kappa shape index (κ2) is 9.45. The number of hydrogen-bond donors (Lipinski definition) is 1. The van der Waals surface area contributed by atoms with Crippen molar-refractivity contribution in [3.05, 3.63) is 28.0 Å². The van der Waals surface area contributed by atoms with Gasteiger partial charge in [0.25, 0.3) is 5.91 Å². The molecule has 19 heavy (non-hydrogen) atoms. The number of amides is 1. The highest BCUT2D eigenvalue weighted by atomic mass is 35.5. The van der Waals surface area contributed by atoms with Gasteiger partial charge in [-0.05, 0) is 30.9 Å². The molecule has 0 fully saturated rings. The number of hydrogen-bond acceptors (Lipinski definition) is 3. The van der Waals surface area contributed by atoms with Crippen molar-refractivity contribution < 1.29 is 4.79 Å². The molecule has 1 rings (SSSR count). The lowest BCUT2D eigenvalue weighted by Gasteiger charge is -2.06. The number of thioether (sulfide) groups is 1. The van der Waals surface area contributed by atoms with E-state index in [1.165, 1.54) is 30.9 Å². The Kier molecular flexibility index (Phi) is 8.26. The number of nitrogens with one attached hydrogen (secondary N) is 1. The normalized spacial score (nSPS) is 10.5. The Labute approximate surface area is 128 Å². The molecule has 0 bridgehead atoms. The first-order valence-corrected chi connectivity index (χ1v) is 8.38. The van der Waals surface area contributed by atoms with Crippen molar-refractivity contribution in [1.82, 2.24) is 10.3 Å². The van der Waals surface area contributed by atoms with Crippen LogP contribution >= 0.6 is 35.0 Å². The quantitative estimate of drug-likeness (QED) is 0.580. The molecule has 0 radical (unpaired) electrons. The molecule has 1 aromatic rings. The van der Waals surface area contributed by atoms with E-state index in [1.807, 2.05) is 11.8 Å². The summed E-state index contributed by atoms with van der Waals surface area (Å²) in [6.07, 6.45) is 8.06. The fraction of sp³-hybridized carbons (Fsp3) is 0.538. The van der Waals surface area contributed by atoms with Crippen molar-refractivity contribution in [2.75, 3.05) is 18.6 Å². The monoisotopic (exact) mass is 320 g/mol. The van der Waals surface area contributed by atoms with E-state index in [9.17, 15) is 4.79 Å². The first-order chi connectivity index (χ1) is 9.15. The van der Waals surface area contributed by atoms with Gasteiger partial charge in [-0.2, -0.15) is 11.8 Å². The lowest BCUT2D eigenvalue weighted by molar-refractivity contribution is 0.0953. The van der Waals surface area contributed by atoms with Crippen LogP contribution in [0.5, 0.6) is 0 Å². The molecular weight excluding hydrogens is 303 g/mol. The fourth-order valence-corrected chi connectivity index (χ4v) is 2.45. The van der Waals surface area contributed by atoms with Crippen LogP contribution in [-0.2, 0) is 0 Å². The number of unbranched alkanes of at least 4 members (excludes halogenated alkanes) is 3. The zero-order chi connectivity index (χ0) is 14.1. The summed E-state index contributed by atoms with van der Waals surface area (Å²) in [5.41, 5.74) is 0.379. The lowest BCUT2D eigenvalue weighted by atomic mass is 10.2. The van der Waals surface area contributed by atoms with Crippen LogP contribution in [0.1, 0.15) is 36.0 Å². The Morgan fingerprint density at radius 2 is 2.05 bits per heavy atom. The maximum Gasteiger partial charge on any atom is 0.252 e. The average molecular weight is 321 g/mol. The molecule has 1 aromatic heterocycles. The van der Waals surface area contributed by atoms with E-state index in [4.69, 9.17) is 23.2 Å². The first-order valence-electron chi connectivity index (χ1n) is 6.23. The van der Waals surface area contributed by atoms with Crippen LogP contribution in [0.2, 0.25) is 10.2 Å². The van der Waals surface area contributed by atoms with Crippen LogP contribution < -0.4 is 5.32 Å². The number of carbonyl (C=O) groups is 1. The minimum absolute atomic E-state index is 0.196. The standard InChI is InChI=1S/C13H18Cl2N2OS/c1-19-7-5-3-2-4-6-16-13(18)10-8-12(15)17-9-11(10)14/h8-9H,2-7H2,1H3,(H,16,18). The average Bonchev–Trinajstić information content (AvgIpc) is 2.40. The van der Waals surface area contributed by atoms with Gasteiger partial charge in [0.2, 0.25) is 0 Å². The van der Waals surface area contributed by atoms with E-state index in [0.717, 1.165) is 12.8 Å². The molecule has 0 atom stereocenters. The topological polar surface area (TPSA) is 42.0 Å². The second-order valence-electron chi connectivity index (χ2n) is 4.15. The minimum atomic E-state index is -0.196. The van der Waals surface area contributed by atoms with Gasteiger partial charge in [-0.15, -0.1) is 0 Å². The maximum absolute atomic E-state index is 11.9. The SMILES string of the molecule is CSCCCCCCNC(=O)c1cc(Cl)ncc1Cl. The van der Waals surface area contributed by atoms with Crippen LogP contribution in [0.15, 0.2) is 12.3 Å². The van der Waals surface area contributed by atoms with E-state index in [2.05, 4.69) is 16.6 Å². The van der Waals surface area contributed by atoms with Crippen molar-refractivity contribution in [2.45, 2.75) is 25.7 Å². The van der Waals surface area contributed by atoms with Gasteiger partial charge >= 0.3 is 0 Å². The smallest absolute Gasteiger partial charge is 0.252 e. The van der Waals surface area contributed by atoms with Gasteiger partial charge in [0, 0.05) is 12.7 Å². The summed E-state index contributed by atoms with van der Waals surface area (Å²) in [4.78, 5) is 15.7. The summed E-state index contributed by atoms with van der Waals surface area (Å²) in [7, 11) is 0. The Balaban J connectivity index is 2.26. The predicted molar refractivity (Wildman–Crippen MR) is 83.4 cm³/mol. The van der Waals surface area contributed by atoms with E-state index >= 15 is 0 Å². The zero-order valence-electron chi connectivity index (χ0n) is 10.9. The molecule has 1 N–H and O–H groups in total. The number of rotatable bonds is 8. The van der Waals surface area contributed by atoms with Gasteiger partial charge in [0.1, 0.15) is 5.15 Å². The molecule has 0 spiro atoms. The molecule has 0 aliphatic heterocycles. The van der Waals surface area contributed by atoms with Gasteiger partial charge in [-0.1, -0.05) is 36.0 Å². The third kappa shape index (κ3) is 6.50. The Morgan fingerprint density at radius 1 is 1.32 bits per heavy atom. The van der Waals surface area contributed by atoms with E-state index < -0.39 is 0 Å². The number of aromatic nitrogens is 1. The number of pyridine rings is 1. The number of halogens is 2. The molecule has 0 saturated carbocycles. The highest BCUT2D eigenvalue weighted by Crippen LogP contribution is 2.17. The van der Waals surface area contributed by atoms with Crippen molar-refractivity contribution >= 4 is 40.9 Å². The van der Waals surface area contributed by atoms with Gasteiger partial charge in [0.15, 0.2) is 0 Å². The van der Waals surface area contributed by atoms with Gasteiger partial charge < -0.3 is 5.32 Å². The molecular formula is C13H18Cl2N2OS. The third-order valence-electron chi connectivity index (χ3n) is 2.63.